The number of fused-ring (bicyclic) bond motifs is 2. The minimum absolute atomic E-state index is 0.0622. The zero-order chi connectivity index (χ0) is 16.9. The monoisotopic (exact) mass is 327 g/mol. The number of carbonyl (C=O) groups excluding carboxylic acids is 2. The fourth-order valence-electron chi connectivity index (χ4n) is 4.05. The minimum atomic E-state index is -0.542. The highest BCUT2D eigenvalue weighted by Gasteiger charge is 2.55. The molecule has 2 aliphatic heterocycles. The summed E-state index contributed by atoms with van der Waals surface area (Å²) in [7, 11) is 0. The van der Waals surface area contributed by atoms with Gasteiger partial charge in [0.1, 0.15) is 0 Å². The SMILES string of the molecule is CC(C)NC(=O)N1CC[C@@]2(C1)C(=O)N(CC1CC1)c1ccccc12. The largest absolute Gasteiger partial charge is 0.336 e. The van der Waals surface area contributed by atoms with Crippen LogP contribution in [0.5, 0.6) is 0 Å². The molecule has 4 rings (SSSR count). The standard InChI is InChI=1S/C19H25N3O2/c1-13(2)20-18(24)21-10-9-19(12-21)15-5-3-4-6-16(15)22(17(19)23)11-14-7-8-14/h3-6,13-14H,7-12H2,1-2H3,(H,20,24)/t19-/m0/s1. The molecule has 2 heterocycles. The van der Waals surface area contributed by atoms with Crippen molar-refractivity contribution in [3.8, 4) is 0 Å². The van der Waals surface area contributed by atoms with Gasteiger partial charge in [-0.2, -0.15) is 0 Å². The summed E-state index contributed by atoms with van der Waals surface area (Å²) in [5, 5.41) is 2.95. The number of urea groups is 1. The zero-order valence-corrected chi connectivity index (χ0v) is 14.4. The Labute approximate surface area is 143 Å². The van der Waals surface area contributed by atoms with Gasteiger partial charge in [0.05, 0.1) is 5.41 Å². The van der Waals surface area contributed by atoms with Crippen molar-refractivity contribution in [1.82, 2.24) is 10.2 Å². The van der Waals surface area contributed by atoms with E-state index in [-0.39, 0.29) is 18.0 Å². The molecule has 3 amide bonds. The molecule has 3 aliphatic rings. The van der Waals surface area contributed by atoms with Crippen LogP contribution in [0.15, 0.2) is 24.3 Å². The van der Waals surface area contributed by atoms with Crippen LogP contribution in [-0.4, -0.2) is 42.5 Å². The lowest BCUT2D eigenvalue weighted by Gasteiger charge is -2.25. The number of hydrogen-bond acceptors (Lipinski definition) is 2. The maximum atomic E-state index is 13.3. The number of benzene rings is 1. The molecular formula is C19H25N3O2. The molecule has 1 spiro atoms. The minimum Gasteiger partial charge on any atom is -0.336 e. The van der Waals surface area contributed by atoms with E-state index >= 15 is 0 Å². The zero-order valence-electron chi connectivity index (χ0n) is 14.4. The summed E-state index contributed by atoms with van der Waals surface area (Å²) in [6.07, 6.45) is 3.17. The Morgan fingerprint density at radius 2 is 2.08 bits per heavy atom. The van der Waals surface area contributed by atoms with Gasteiger partial charge < -0.3 is 15.1 Å². The topological polar surface area (TPSA) is 52.7 Å². The van der Waals surface area contributed by atoms with E-state index in [9.17, 15) is 9.59 Å². The molecule has 1 atom stereocenters. The molecule has 0 aromatic heterocycles. The predicted molar refractivity (Wildman–Crippen MR) is 93.1 cm³/mol. The van der Waals surface area contributed by atoms with Crippen molar-refractivity contribution in [3.05, 3.63) is 29.8 Å². The van der Waals surface area contributed by atoms with Crippen molar-refractivity contribution in [2.45, 2.75) is 44.6 Å². The number of rotatable bonds is 3. The molecule has 5 heteroatoms. The van der Waals surface area contributed by atoms with Crippen molar-refractivity contribution in [3.63, 3.8) is 0 Å². The van der Waals surface area contributed by atoms with E-state index in [1.165, 1.54) is 12.8 Å². The number of amides is 3. The molecule has 0 radical (unpaired) electrons. The molecule has 128 valence electrons. The molecule has 24 heavy (non-hydrogen) atoms. The number of likely N-dealkylation sites (tertiary alicyclic amines) is 1. The summed E-state index contributed by atoms with van der Waals surface area (Å²) < 4.78 is 0. The van der Waals surface area contributed by atoms with Gasteiger partial charge in [-0.15, -0.1) is 0 Å². The van der Waals surface area contributed by atoms with E-state index in [2.05, 4.69) is 17.4 Å². The summed E-state index contributed by atoms with van der Waals surface area (Å²) in [6, 6.07) is 8.18. The lowest BCUT2D eigenvalue weighted by Crippen LogP contribution is -2.46. The summed E-state index contributed by atoms with van der Waals surface area (Å²) >= 11 is 0. The van der Waals surface area contributed by atoms with Gasteiger partial charge in [-0.3, -0.25) is 4.79 Å². The number of anilines is 1. The lowest BCUT2D eigenvalue weighted by atomic mass is 9.81. The Hall–Kier alpha value is -2.04. The van der Waals surface area contributed by atoms with Gasteiger partial charge in [-0.1, -0.05) is 18.2 Å². The molecule has 0 bridgehead atoms. The van der Waals surface area contributed by atoms with Crippen LogP contribution in [-0.2, 0) is 10.2 Å². The Morgan fingerprint density at radius 3 is 2.79 bits per heavy atom. The second-order valence-corrected chi connectivity index (χ2v) is 7.73. The van der Waals surface area contributed by atoms with Crippen LogP contribution in [0.25, 0.3) is 0 Å². The van der Waals surface area contributed by atoms with Crippen LogP contribution in [0.4, 0.5) is 10.5 Å². The average Bonchev–Trinajstić information content (AvgIpc) is 3.21. The van der Waals surface area contributed by atoms with Crippen LogP contribution in [0.1, 0.15) is 38.7 Å². The molecule has 1 aromatic carbocycles. The third-order valence-electron chi connectivity index (χ3n) is 5.47. The second kappa shape index (κ2) is 5.50. The van der Waals surface area contributed by atoms with Crippen molar-refractivity contribution >= 4 is 17.6 Å². The van der Waals surface area contributed by atoms with Crippen molar-refractivity contribution in [2.75, 3.05) is 24.5 Å². The summed E-state index contributed by atoms with van der Waals surface area (Å²) in [4.78, 5) is 29.5. The Balaban J connectivity index is 1.63. The molecular weight excluding hydrogens is 302 g/mol. The highest BCUT2D eigenvalue weighted by molar-refractivity contribution is 6.09. The van der Waals surface area contributed by atoms with Crippen LogP contribution < -0.4 is 10.2 Å². The summed E-state index contributed by atoms with van der Waals surface area (Å²) in [5.74, 6) is 0.842. The number of para-hydroxylation sites is 1. The lowest BCUT2D eigenvalue weighted by molar-refractivity contribution is -0.122. The predicted octanol–water partition coefficient (Wildman–Crippen LogP) is 2.50. The number of hydrogen-bond donors (Lipinski definition) is 1. The normalized spacial score (nSPS) is 25.7. The molecule has 5 nitrogen and oxygen atoms in total. The molecule has 1 aromatic rings. The smallest absolute Gasteiger partial charge is 0.317 e. The number of nitrogens with zero attached hydrogens (tertiary/aromatic N) is 2. The van der Waals surface area contributed by atoms with Crippen molar-refractivity contribution in [1.29, 1.82) is 0 Å². The number of nitrogens with one attached hydrogen (secondary N) is 1. The summed E-state index contributed by atoms with van der Waals surface area (Å²) in [5.41, 5.74) is 1.62. The molecule has 1 saturated carbocycles. The molecule has 1 saturated heterocycles. The molecule has 2 fully saturated rings. The maximum absolute atomic E-state index is 13.3. The highest BCUT2D eigenvalue weighted by atomic mass is 16.2. The van der Waals surface area contributed by atoms with E-state index in [0.717, 1.165) is 24.2 Å². The van der Waals surface area contributed by atoms with Gasteiger partial charge in [-0.25, -0.2) is 4.79 Å². The third kappa shape index (κ3) is 2.38. The maximum Gasteiger partial charge on any atom is 0.317 e. The van der Waals surface area contributed by atoms with E-state index < -0.39 is 5.41 Å². The van der Waals surface area contributed by atoms with Crippen molar-refractivity contribution in [2.24, 2.45) is 5.92 Å². The Morgan fingerprint density at radius 1 is 1.33 bits per heavy atom. The van der Waals surface area contributed by atoms with Gasteiger partial charge in [0.25, 0.3) is 0 Å². The van der Waals surface area contributed by atoms with Gasteiger partial charge in [0.2, 0.25) is 5.91 Å². The van der Waals surface area contributed by atoms with E-state index in [1.54, 1.807) is 4.90 Å². The molecule has 0 unspecified atom stereocenters. The first-order chi connectivity index (χ1) is 11.5. The molecule has 1 aliphatic carbocycles. The summed E-state index contributed by atoms with van der Waals surface area (Å²) in [6.45, 7) is 5.86. The highest BCUT2D eigenvalue weighted by Crippen LogP contribution is 2.48. The van der Waals surface area contributed by atoms with Crippen molar-refractivity contribution < 1.29 is 9.59 Å². The Kier molecular flexibility index (Phi) is 3.55. The van der Waals surface area contributed by atoms with E-state index in [4.69, 9.17) is 0 Å². The van der Waals surface area contributed by atoms with Gasteiger partial charge >= 0.3 is 6.03 Å². The van der Waals surface area contributed by atoms with E-state index in [0.29, 0.717) is 19.0 Å². The van der Waals surface area contributed by atoms with Gasteiger partial charge in [0.15, 0.2) is 0 Å². The van der Waals surface area contributed by atoms with Crippen LogP contribution in [0.3, 0.4) is 0 Å². The fourth-order valence-corrected chi connectivity index (χ4v) is 4.05. The van der Waals surface area contributed by atoms with Crippen LogP contribution >= 0.6 is 0 Å². The van der Waals surface area contributed by atoms with Crippen LogP contribution in [0.2, 0.25) is 0 Å². The third-order valence-corrected chi connectivity index (χ3v) is 5.47. The number of carbonyl (C=O) groups is 2. The second-order valence-electron chi connectivity index (χ2n) is 7.73. The molecule has 1 N–H and O–H groups in total. The fraction of sp³-hybridized carbons (Fsp3) is 0.579. The first-order valence-corrected chi connectivity index (χ1v) is 8.98. The van der Waals surface area contributed by atoms with Gasteiger partial charge in [-0.05, 0) is 50.7 Å². The van der Waals surface area contributed by atoms with Crippen LogP contribution in [0, 0.1) is 5.92 Å². The average molecular weight is 327 g/mol. The quantitative estimate of drug-likeness (QED) is 0.927. The Bertz CT molecular complexity index is 683. The first kappa shape index (κ1) is 15.5. The first-order valence-electron chi connectivity index (χ1n) is 8.98. The van der Waals surface area contributed by atoms with Gasteiger partial charge in [0, 0.05) is 31.4 Å². The van der Waals surface area contributed by atoms with E-state index in [1.807, 2.05) is 30.9 Å².